The first kappa shape index (κ1) is 19.0. The summed E-state index contributed by atoms with van der Waals surface area (Å²) in [5, 5.41) is 4.31. The summed E-state index contributed by atoms with van der Waals surface area (Å²) < 4.78 is 29.9. The number of anilines is 1. The highest BCUT2D eigenvalue weighted by molar-refractivity contribution is 6.01. The van der Waals surface area contributed by atoms with Crippen molar-refractivity contribution in [3.05, 3.63) is 65.5 Å². The molecule has 0 saturated carbocycles. The number of aromatic nitrogens is 2. The number of hydrogen-bond donors (Lipinski definition) is 1. The molecular formula is C22H23F2N5O. The third kappa shape index (κ3) is 3.21. The van der Waals surface area contributed by atoms with Crippen molar-refractivity contribution in [2.24, 2.45) is 5.73 Å². The first-order chi connectivity index (χ1) is 14.5. The fourth-order valence-corrected chi connectivity index (χ4v) is 4.62. The van der Waals surface area contributed by atoms with Gasteiger partial charge in [0.05, 0.1) is 23.3 Å². The molecule has 4 heterocycles. The van der Waals surface area contributed by atoms with Crippen molar-refractivity contribution in [1.82, 2.24) is 14.5 Å². The highest BCUT2D eigenvalue weighted by Gasteiger charge is 2.30. The monoisotopic (exact) mass is 411 g/mol. The Labute approximate surface area is 172 Å². The van der Waals surface area contributed by atoms with Crippen LogP contribution in [0.25, 0.3) is 5.52 Å². The zero-order valence-corrected chi connectivity index (χ0v) is 16.5. The van der Waals surface area contributed by atoms with Gasteiger partial charge in [0.15, 0.2) is 0 Å². The average molecular weight is 411 g/mol. The molecule has 5 rings (SSSR count). The number of hydrogen-bond acceptors (Lipinski definition) is 4. The molecule has 2 fully saturated rings. The van der Waals surface area contributed by atoms with Gasteiger partial charge in [-0.1, -0.05) is 0 Å². The van der Waals surface area contributed by atoms with Crippen LogP contribution in [0.3, 0.4) is 0 Å². The minimum Gasteiger partial charge on any atom is -0.364 e. The maximum Gasteiger partial charge on any atom is 0.257 e. The molecule has 0 radical (unpaired) electrons. The number of pyridine rings is 1. The number of rotatable bonds is 3. The molecule has 30 heavy (non-hydrogen) atoms. The molecule has 2 aliphatic rings. The van der Waals surface area contributed by atoms with Crippen LogP contribution in [0, 0.1) is 11.6 Å². The minimum absolute atomic E-state index is 0.0119. The van der Waals surface area contributed by atoms with Crippen LogP contribution in [0.2, 0.25) is 0 Å². The Morgan fingerprint density at radius 3 is 2.80 bits per heavy atom. The summed E-state index contributed by atoms with van der Waals surface area (Å²) in [5.41, 5.74) is 8.40. The Morgan fingerprint density at radius 2 is 2.00 bits per heavy atom. The summed E-state index contributed by atoms with van der Waals surface area (Å²) in [6.07, 6.45) is 5.79. The van der Waals surface area contributed by atoms with Crippen molar-refractivity contribution in [2.45, 2.75) is 31.3 Å². The highest BCUT2D eigenvalue weighted by Crippen LogP contribution is 2.38. The predicted octanol–water partition coefficient (Wildman–Crippen LogP) is 3.13. The van der Waals surface area contributed by atoms with Gasteiger partial charge in [0.1, 0.15) is 11.6 Å². The molecule has 156 valence electrons. The summed E-state index contributed by atoms with van der Waals surface area (Å²) in [4.78, 5) is 16.8. The van der Waals surface area contributed by atoms with Crippen molar-refractivity contribution in [1.29, 1.82) is 0 Å². The van der Waals surface area contributed by atoms with E-state index in [9.17, 15) is 13.6 Å². The average Bonchev–Trinajstić information content (AvgIpc) is 3.47. The molecule has 6 nitrogen and oxygen atoms in total. The van der Waals surface area contributed by atoms with Crippen molar-refractivity contribution >= 4 is 17.1 Å². The number of likely N-dealkylation sites (tertiary alicyclic amines) is 1. The van der Waals surface area contributed by atoms with Crippen LogP contribution in [0.15, 0.2) is 42.7 Å². The van der Waals surface area contributed by atoms with Crippen LogP contribution in [0.1, 0.15) is 41.2 Å². The molecule has 2 atom stereocenters. The number of nitrogens with two attached hydrogens (primary N) is 1. The fraction of sp³-hybridized carbons (Fsp3) is 0.364. The van der Waals surface area contributed by atoms with Gasteiger partial charge in [-0.25, -0.2) is 13.3 Å². The molecule has 2 aromatic heterocycles. The molecule has 0 bridgehead atoms. The van der Waals surface area contributed by atoms with Crippen molar-refractivity contribution in [2.75, 3.05) is 24.5 Å². The van der Waals surface area contributed by atoms with Crippen molar-refractivity contribution in [3.63, 3.8) is 0 Å². The largest absolute Gasteiger partial charge is 0.364 e. The Morgan fingerprint density at radius 1 is 1.13 bits per heavy atom. The number of carbonyl (C=O) groups excluding carboxylic acids is 1. The molecule has 3 aromatic rings. The van der Waals surface area contributed by atoms with E-state index in [1.807, 2.05) is 12.1 Å². The summed E-state index contributed by atoms with van der Waals surface area (Å²) in [5.74, 6) is -0.926. The van der Waals surface area contributed by atoms with E-state index in [1.165, 1.54) is 12.1 Å². The molecular weight excluding hydrogens is 388 g/mol. The molecule has 2 saturated heterocycles. The maximum atomic E-state index is 14.4. The smallest absolute Gasteiger partial charge is 0.257 e. The van der Waals surface area contributed by atoms with Gasteiger partial charge >= 0.3 is 0 Å². The number of benzene rings is 1. The molecule has 1 aromatic carbocycles. The number of halogens is 2. The first-order valence-corrected chi connectivity index (χ1v) is 10.2. The van der Waals surface area contributed by atoms with E-state index in [0.717, 1.165) is 37.6 Å². The topological polar surface area (TPSA) is 66.9 Å². The number of nitrogens with zero attached hydrogens (tertiary/aromatic N) is 4. The van der Waals surface area contributed by atoms with Gasteiger partial charge in [0.2, 0.25) is 0 Å². The molecule has 1 amide bonds. The molecule has 2 unspecified atom stereocenters. The zero-order valence-electron chi connectivity index (χ0n) is 16.5. The van der Waals surface area contributed by atoms with E-state index in [1.54, 1.807) is 21.8 Å². The summed E-state index contributed by atoms with van der Waals surface area (Å²) >= 11 is 0. The van der Waals surface area contributed by atoms with Crippen LogP contribution in [-0.2, 0) is 0 Å². The van der Waals surface area contributed by atoms with E-state index in [0.29, 0.717) is 29.7 Å². The van der Waals surface area contributed by atoms with Crippen LogP contribution in [0.4, 0.5) is 14.5 Å². The van der Waals surface area contributed by atoms with E-state index >= 15 is 0 Å². The van der Waals surface area contributed by atoms with Gasteiger partial charge in [-0.15, -0.1) is 0 Å². The lowest BCUT2D eigenvalue weighted by molar-refractivity contribution is 0.0793. The van der Waals surface area contributed by atoms with Crippen LogP contribution < -0.4 is 10.6 Å². The van der Waals surface area contributed by atoms with E-state index in [2.05, 4.69) is 10.00 Å². The van der Waals surface area contributed by atoms with Gasteiger partial charge < -0.3 is 15.5 Å². The van der Waals surface area contributed by atoms with E-state index in [4.69, 9.17) is 5.73 Å². The second kappa shape index (κ2) is 7.36. The van der Waals surface area contributed by atoms with Crippen molar-refractivity contribution < 1.29 is 13.6 Å². The lowest BCUT2D eigenvalue weighted by Crippen LogP contribution is -2.31. The van der Waals surface area contributed by atoms with Crippen LogP contribution >= 0.6 is 0 Å². The Hall–Kier alpha value is -3.00. The predicted molar refractivity (Wildman–Crippen MR) is 109 cm³/mol. The van der Waals surface area contributed by atoms with Gasteiger partial charge in [0.25, 0.3) is 5.91 Å². The standard InChI is InChI=1S/C22H23F2N5O/c23-14-3-4-19(24)17(10-14)20-2-1-7-28(20)16-6-9-29-21(11-16)18(12-26-29)22(30)27-8-5-15(25)13-27/h3-4,6,9-12,15,20H,1-2,5,7-8,13,25H2. The third-order valence-corrected chi connectivity index (χ3v) is 6.15. The second-order valence-electron chi connectivity index (χ2n) is 8.09. The quantitative estimate of drug-likeness (QED) is 0.719. The number of amides is 1. The molecule has 0 spiro atoms. The fourth-order valence-electron chi connectivity index (χ4n) is 4.62. The first-order valence-electron chi connectivity index (χ1n) is 10.2. The van der Waals surface area contributed by atoms with Crippen LogP contribution in [-0.4, -0.2) is 46.1 Å². The van der Waals surface area contributed by atoms with Crippen LogP contribution in [0.5, 0.6) is 0 Å². The zero-order chi connectivity index (χ0) is 20.8. The summed E-state index contributed by atoms with van der Waals surface area (Å²) in [6, 6.07) is 7.17. The van der Waals surface area contributed by atoms with Gasteiger partial charge in [-0.3, -0.25) is 4.79 Å². The highest BCUT2D eigenvalue weighted by atomic mass is 19.1. The Balaban J connectivity index is 1.50. The number of carbonyl (C=O) groups is 1. The SMILES string of the molecule is NC1CCN(C(=O)c2cnn3ccc(N4CCCC4c4cc(F)ccc4F)cc23)C1. The molecule has 2 aliphatic heterocycles. The molecule has 8 heteroatoms. The minimum atomic E-state index is -0.443. The lowest BCUT2D eigenvalue weighted by Gasteiger charge is -2.27. The third-order valence-electron chi connectivity index (χ3n) is 6.15. The second-order valence-corrected chi connectivity index (χ2v) is 8.09. The normalized spacial score (nSPS) is 21.7. The molecule has 2 N–H and O–H groups in total. The van der Waals surface area contributed by atoms with Gasteiger partial charge in [0, 0.05) is 43.1 Å². The van der Waals surface area contributed by atoms with E-state index < -0.39 is 11.6 Å². The number of fused-ring (bicyclic) bond motifs is 1. The summed E-state index contributed by atoms with van der Waals surface area (Å²) in [7, 11) is 0. The molecule has 0 aliphatic carbocycles. The maximum absolute atomic E-state index is 14.4. The van der Waals surface area contributed by atoms with Crippen molar-refractivity contribution in [3.8, 4) is 0 Å². The van der Waals surface area contributed by atoms with Gasteiger partial charge in [-0.05, 0) is 49.6 Å². The lowest BCUT2D eigenvalue weighted by atomic mass is 10.0. The van der Waals surface area contributed by atoms with E-state index in [-0.39, 0.29) is 18.0 Å². The summed E-state index contributed by atoms with van der Waals surface area (Å²) in [6.45, 7) is 1.92. The van der Waals surface area contributed by atoms with Gasteiger partial charge in [-0.2, -0.15) is 5.10 Å². The Kier molecular flexibility index (Phi) is 4.66. The Bertz CT molecular complexity index is 1110.